The minimum absolute atomic E-state index is 0.0233. The lowest BCUT2D eigenvalue weighted by molar-refractivity contribution is 0.660. The highest BCUT2D eigenvalue weighted by Gasteiger charge is 2.35. The molecule has 0 aliphatic heterocycles. The van der Waals surface area contributed by atoms with E-state index in [0.717, 1.165) is 44.6 Å². The zero-order valence-electron chi connectivity index (χ0n) is 29.7. The Morgan fingerprint density at radius 1 is 0.340 bits per heavy atom. The van der Waals surface area contributed by atoms with Crippen LogP contribution in [-0.4, -0.2) is 9.97 Å². The Balaban J connectivity index is 1.15. The van der Waals surface area contributed by atoms with Gasteiger partial charge in [-0.2, -0.15) is 0 Å². The van der Waals surface area contributed by atoms with Crippen molar-refractivity contribution >= 4 is 21.5 Å². The lowest BCUT2D eigenvalue weighted by atomic mass is 9.82. The van der Waals surface area contributed by atoms with E-state index < -0.39 is 0 Å². The number of benzene rings is 8. The monoisotopic (exact) mass is 676 g/mol. The molecule has 0 unspecified atom stereocenters. The average molecular weight is 677 g/mol. The highest BCUT2D eigenvalue weighted by atomic mass is 14.9. The van der Waals surface area contributed by atoms with Crippen LogP contribution in [0.4, 0.5) is 0 Å². The van der Waals surface area contributed by atoms with E-state index in [1.807, 2.05) is 18.2 Å². The van der Waals surface area contributed by atoms with Crippen LogP contribution in [-0.2, 0) is 5.41 Å². The second kappa shape index (κ2) is 12.3. The van der Waals surface area contributed by atoms with Crippen molar-refractivity contribution in [3.8, 4) is 67.3 Å². The first-order chi connectivity index (χ1) is 26.0. The van der Waals surface area contributed by atoms with Crippen molar-refractivity contribution in [3.05, 3.63) is 193 Å². The van der Waals surface area contributed by atoms with Crippen LogP contribution < -0.4 is 0 Å². The molecule has 9 aromatic rings. The van der Waals surface area contributed by atoms with Gasteiger partial charge in [-0.3, -0.25) is 0 Å². The minimum Gasteiger partial charge on any atom is -0.228 e. The van der Waals surface area contributed by atoms with Crippen LogP contribution in [0.5, 0.6) is 0 Å². The second-order valence-corrected chi connectivity index (χ2v) is 14.6. The van der Waals surface area contributed by atoms with Gasteiger partial charge >= 0.3 is 0 Å². The Bertz CT molecular complexity index is 2870. The van der Waals surface area contributed by atoms with Crippen molar-refractivity contribution in [1.82, 2.24) is 9.97 Å². The summed E-state index contributed by atoms with van der Waals surface area (Å²) in [6, 6.07) is 65.4. The summed E-state index contributed by atoms with van der Waals surface area (Å²) in [5.41, 5.74) is 15.1. The topological polar surface area (TPSA) is 25.8 Å². The van der Waals surface area contributed by atoms with Gasteiger partial charge in [0.25, 0.3) is 0 Å². The van der Waals surface area contributed by atoms with E-state index in [-0.39, 0.29) is 5.41 Å². The molecule has 250 valence electrons. The molecule has 1 aliphatic carbocycles. The maximum absolute atomic E-state index is 5.27. The van der Waals surface area contributed by atoms with E-state index in [9.17, 15) is 0 Å². The highest BCUT2D eigenvalue weighted by molar-refractivity contribution is 6.05. The molecule has 53 heavy (non-hydrogen) atoms. The van der Waals surface area contributed by atoms with Gasteiger partial charge < -0.3 is 0 Å². The van der Waals surface area contributed by atoms with E-state index in [4.69, 9.17) is 9.97 Å². The molecule has 0 fully saturated rings. The number of aromatic nitrogens is 2. The summed E-state index contributed by atoms with van der Waals surface area (Å²) in [5, 5.41) is 4.82. The van der Waals surface area contributed by atoms with Gasteiger partial charge in [-0.05, 0) is 84.3 Å². The van der Waals surface area contributed by atoms with E-state index in [1.54, 1.807) is 0 Å². The first-order valence-electron chi connectivity index (χ1n) is 18.3. The van der Waals surface area contributed by atoms with Crippen LogP contribution in [0.25, 0.3) is 88.8 Å². The van der Waals surface area contributed by atoms with Crippen molar-refractivity contribution in [2.24, 2.45) is 0 Å². The predicted molar refractivity (Wildman–Crippen MR) is 222 cm³/mol. The molecular weight excluding hydrogens is 641 g/mol. The quantitative estimate of drug-likeness (QED) is 0.181. The van der Waals surface area contributed by atoms with Gasteiger partial charge in [0, 0.05) is 22.1 Å². The third-order valence-electron chi connectivity index (χ3n) is 11.1. The van der Waals surface area contributed by atoms with Crippen LogP contribution in [0.2, 0.25) is 0 Å². The summed E-state index contributed by atoms with van der Waals surface area (Å²) in [6.45, 7) is 4.67. The molecule has 1 heterocycles. The van der Waals surface area contributed by atoms with Crippen LogP contribution in [0.15, 0.2) is 182 Å². The zero-order valence-corrected chi connectivity index (χ0v) is 29.7. The Morgan fingerprint density at radius 3 is 1.72 bits per heavy atom. The van der Waals surface area contributed by atoms with Gasteiger partial charge in [0.05, 0.1) is 11.4 Å². The summed E-state index contributed by atoms with van der Waals surface area (Å²) >= 11 is 0. The van der Waals surface area contributed by atoms with Gasteiger partial charge in [0.15, 0.2) is 5.82 Å². The third kappa shape index (κ3) is 5.18. The van der Waals surface area contributed by atoms with E-state index in [0.29, 0.717) is 5.82 Å². The fourth-order valence-electron chi connectivity index (χ4n) is 8.42. The SMILES string of the molecule is CC1(C)c2ccccc2-c2cc(-c3ccc(-c4cc(-c5ccccc5-c5ccc6ccccc6c5)nc(-c5ccccc5)n4)c4ccccc34)ccc21. The standard InChI is InChI=1S/C51H36N2/c1-51(2)46-23-13-12-21-42(46)45-31-37(26-29-47(45)51)39-27-28-44(41-20-10-9-19-40(39)41)49-32-48(52-50(53-49)34-15-4-3-5-16-34)43-22-11-8-18-38(43)36-25-24-33-14-6-7-17-35(33)30-36/h3-32H,1-2H3. The second-order valence-electron chi connectivity index (χ2n) is 14.6. The smallest absolute Gasteiger partial charge is 0.160 e. The average Bonchev–Trinajstić information content (AvgIpc) is 3.45. The first-order valence-corrected chi connectivity index (χ1v) is 18.3. The van der Waals surface area contributed by atoms with E-state index >= 15 is 0 Å². The molecular formula is C51H36N2. The molecule has 0 N–H and O–H groups in total. The normalized spacial score (nSPS) is 12.9. The molecule has 0 saturated heterocycles. The summed E-state index contributed by atoms with van der Waals surface area (Å²) in [6.07, 6.45) is 0. The van der Waals surface area contributed by atoms with E-state index in [2.05, 4.69) is 178 Å². The zero-order chi connectivity index (χ0) is 35.5. The fourth-order valence-corrected chi connectivity index (χ4v) is 8.42. The highest BCUT2D eigenvalue weighted by Crippen LogP contribution is 2.50. The largest absolute Gasteiger partial charge is 0.228 e. The molecule has 0 bridgehead atoms. The fraction of sp³-hybridized carbons (Fsp3) is 0.0588. The Hall–Kier alpha value is -6.64. The maximum Gasteiger partial charge on any atom is 0.160 e. The molecule has 0 amide bonds. The number of nitrogens with zero attached hydrogens (tertiary/aromatic N) is 2. The number of fused-ring (bicyclic) bond motifs is 5. The molecule has 8 aromatic carbocycles. The number of rotatable bonds is 5. The van der Waals surface area contributed by atoms with Crippen LogP contribution >= 0.6 is 0 Å². The third-order valence-corrected chi connectivity index (χ3v) is 11.1. The van der Waals surface area contributed by atoms with Gasteiger partial charge in [0.1, 0.15) is 0 Å². The van der Waals surface area contributed by atoms with Crippen molar-refractivity contribution < 1.29 is 0 Å². The minimum atomic E-state index is -0.0233. The van der Waals surface area contributed by atoms with Crippen molar-refractivity contribution in [1.29, 1.82) is 0 Å². The first kappa shape index (κ1) is 31.1. The van der Waals surface area contributed by atoms with Crippen LogP contribution in [0, 0.1) is 0 Å². The Labute approximate surface area is 310 Å². The van der Waals surface area contributed by atoms with Crippen LogP contribution in [0.3, 0.4) is 0 Å². The molecule has 0 atom stereocenters. The Morgan fingerprint density at radius 2 is 0.906 bits per heavy atom. The number of hydrogen-bond acceptors (Lipinski definition) is 2. The van der Waals surface area contributed by atoms with Gasteiger partial charge in [-0.1, -0.05) is 178 Å². The van der Waals surface area contributed by atoms with E-state index in [1.165, 1.54) is 49.5 Å². The predicted octanol–water partition coefficient (Wildman–Crippen LogP) is 13.4. The molecule has 2 nitrogen and oxygen atoms in total. The van der Waals surface area contributed by atoms with Gasteiger partial charge in [-0.25, -0.2) is 9.97 Å². The van der Waals surface area contributed by atoms with Crippen molar-refractivity contribution in [2.45, 2.75) is 19.3 Å². The van der Waals surface area contributed by atoms with Gasteiger partial charge in [-0.15, -0.1) is 0 Å². The molecule has 0 saturated carbocycles. The lowest BCUT2D eigenvalue weighted by Gasteiger charge is -2.21. The van der Waals surface area contributed by atoms with Crippen molar-refractivity contribution in [3.63, 3.8) is 0 Å². The molecule has 1 aliphatic rings. The number of hydrogen-bond donors (Lipinski definition) is 0. The summed E-state index contributed by atoms with van der Waals surface area (Å²) < 4.78 is 0. The van der Waals surface area contributed by atoms with Crippen LogP contribution in [0.1, 0.15) is 25.0 Å². The molecule has 0 spiro atoms. The molecule has 1 aromatic heterocycles. The van der Waals surface area contributed by atoms with Gasteiger partial charge in [0.2, 0.25) is 0 Å². The summed E-state index contributed by atoms with van der Waals surface area (Å²) in [7, 11) is 0. The lowest BCUT2D eigenvalue weighted by Crippen LogP contribution is -2.14. The maximum atomic E-state index is 5.27. The van der Waals surface area contributed by atoms with Crippen molar-refractivity contribution in [2.75, 3.05) is 0 Å². The summed E-state index contributed by atoms with van der Waals surface area (Å²) in [5.74, 6) is 0.708. The molecule has 2 heteroatoms. The molecule has 10 rings (SSSR count). The molecule has 0 radical (unpaired) electrons. The summed E-state index contributed by atoms with van der Waals surface area (Å²) in [4.78, 5) is 10.5. The Kier molecular flexibility index (Phi) is 7.19.